The molecule has 7 aromatic rings. The third-order valence-electron chi connectivity index (χ3n) is 5.73. The molecule has 0 aliphatic heterocycles. The van der Waals surface area contributed by atoms with Crippen LogP contribution in [-0.4, -0.2) is 19.9 Å². The minimum absolute atomic E-state index is 0. The van der Waals surface area contributed by atoms with Gasteiger partial charge in [-0.3, -0.25) is 0 Å². The van der Waals surface area contributed by atoms with Gasteiger partial charge in [-0.2, -0.15) is 0 Å². The fourth-order valence-electron chi connectivity index (χ4n) is 3.71. The number of pyridine rings is 3. The number of benzene rings is 3. The molecule has 0 unspecified atom stereocenters. The van der Waals surface area contributed by atoms with Crippen molar-refractivity contribution in [2.45, 2.75) is 7.43 Å². The van der Waals surface area contributed by atoms with E-state index in [4.69, 9.17) is 75.3 Å². The molecular formula is C34H29Cl6I3N6. The molecule has 15 heteroatoms. The third-order valence-corrected chi connectivity index (χ3v) is 7.33. The largest absolute Gasteiger partial charge is 0.399 e. The molecule has 0 amide bonds. The van der Waals surface area contributed by atoms with E-state index in [-0.39, 0.29) is 36.6 Å². The highest BCUT2D eigenvalue weighted by molar-refractivity contribution is 15.0. The van der Waals surface area contributed by atoms with E-state index in [1.807, 2.05) is 84.9 Å². The minimum atomic E-state index is 0. The van der Waals surface area contributed by atoms with Gasteiger partial charge in [-0.15, -0.1) is 24.0 Å². The molecule has 0 fully saturated rings. The zero-order valence-corrected chi connectivity index (χ0v) is 35.6. The van der Waals surface area contributed by atoms with Crippen molar-refractivity contribution in [2.24, 2.45) is 0 Å². The molecule has 0 radical (unpaired) electrons. The molecule has 0 bridgehead atoms. The first-order valence-corrected chi connectivity index (χ1v) is 21.8. The second-order valence-electron chi connectivity index (χ2n) is 9.03. The highest BCUT2D eigenvalue weighted by Gasteiger charge is 2.04. The second kappa shape index (κ2) is 24.6. The molecular weight excluding hydrogens is 1090 g/mol. The molecule has 0 atom stereocenters. The highest BCUT2D eigenvalue weighted by Crippen LogP contribution is 2.27. The number of H-pyrrole nitrogens is 1. The molecule has 0 spiro atoms. The summed E-state index contributed by atoms with van der Waals surface area (Å²) in [6.07, 6.45) is 4.65. The molecule has 6 nitrogen and oxygen atoms in total. The number of nitrogens with two attached hydrogens (primary N) is 1. The summed E-state index contributed by atoms with van der Waals surface area (Å²) in [4.78, 5) is 15.2. The highest BCUT2D eigenvalue weighted by atomic mass is 128. The molecule has 4 aromatic heterocycles. The minimum Gasteiger partial charge on any atom is -0.399 e. The van der Waals surface area contributed by atoms with Crippen molar-refractivity contribution in [2.75, 3.05) is 11.1 Å². The lowest BCUT2D eigenvalue weighted by Gasteiger charge is -2.06. The normalized spacial score (nSPS) is 9.39. The van der Waals surface area contributed by atoms with Crippen molar-refractivity contribution in [1.82, 2.24) is 19.9 Å². The van der Waals surface area contributed by atoms with Gasteiger partial charge in [0, 0.05) is 83.5 Å². The average molecular weight is 1120 g/mol. The van der Waals surface area contributed by atoms with Gasteiger partial charge in [0.25, 0.3) is 0 Å². The molecule has 0 aliphatic rings. The van der Waals surface area contributed by atoms with Crippen LogP contribution in [0.3, 0.4) is 0 Å². The standard InChI is InChI=1S/C11H8Cl2N2.C11H7ClN2.C6H7N.C5H2Cl3N.CH4.I2.HI/c12-8-6-10(13)11(14-7-8)15-9-4-2-1-3-5-9;12-7-5-9-8-3-1-2-4-10(8)14-11(9)13-6-7;7-6-4-2-1-3-5-6;6-3-1-4(7)5(8)9-2-3;;1-2;/h1-7H,(H,14,15);1-6H,(H,13,14);1-5H,7H2;1-2H;1H4;;1H. The van der Waals surface area contributed by atoms with Gasteiger partial charge in [0.05, 0.1) is 25.1 Å². The summed E-state index contributed by atoms with van der Waals surface area (Å²) in [6.45, 7) is 0. The number of halogens is 9. The van der Waals surface area contributed by atoms with Crippen LogP contribution in [-0.2, 0) is 0 Å². The first-order chi connectivity index (χ1) is 22.7. The number of aromatic amines is 1. The Balaban J connectivity index is 0.000000328. The van der Waals surface area contributed by atoms with Gasteiger partial charge < -0.3 is 16.0 Å². The predicted octanol–water partition coefficient (Wildman–Crippen LogP) is 14.8. The zero-order valence-electron chi connectivity index (χ0n) is 24.4. The average Bonchev–Trinajstić information content (AvgIpc) is 3.45. The Labute approximate surface area is 356 Å². The number of para-hydroxylation sites is 3. The molecule has 0 aliphatic carbocycles. The van der Waals surface area contributed by atoms with E-state index < -0.39 is 0 Å². The number of aromatic nitrogens is 4. The Morgan fingerprint density at radius 2 is 1.10 bits per heavy atom. The van der Waals surface area contributed by atoms with Crippen LogP contribution >= 0.6 is 131 Å². The van der Waals surface area contributed by atoms with Crippen LogP contribution < -0.4 is 11.1 Å². The van der Waals surface area contributed by atoms with Crippen molar-refractivity contribution in [3.63, 3.8) is 0 Å². The Morgan fingerprint density at radius 1 is 0.592 bits per heavy atom. The third kappa shape index (κ3) is 15.7. The van der Waals surface area contributed by atoms with Crippen molar-refractivity contribution < 1.29 is 0 Å². The van der Waals surface area contributed by atoms with Crippen LogP contribution in [0.4, 0.5) is 17.2 Å². The van der Waals surface area contributed by atoms with Gasteiger partial charge in [-0.25, -0.2) is 15.0 Å². The summed E-state index contributed by atoms with van der Waals surface area (Å²) < 4.78 is 0. The van der Waals surface area contributed by atoms with E-state index in [0.29, 0.717) is 30.9 Å². The van der Waals surface area contributed by atoms with Crippen LogP contribution in [0.15, 0.2) is 122 Å². The molecule has 0 saturated heterocycles. The Morgan fingerprint density at radius 3 is 1.65 bits per heavy atom. The smallest absolute Gasteiger partial charge is 0.149 e. The van der Waals surface area contributed by atoms with Crippen LogP contribution in [0.1, 0.15) is 7.43 Å². The van der Waals surface area contributed by atoms with Gasteiger partial charge >= 0.3 is 0 Å². The molecule has 258 valence electrons. The predicted molar refractivity (Wildman–Crippen MR) is 243 cm³/mol. The zero-order chi connectivity index (χ0) is 34.2. The van der Waals surface area contributed by atoms with E-state index >= 15 is 0 Å². The van der Waals surface area contributed by atoms with Gasteiger partial charge in [-0.1, -0.05) is 132 Å². The van der Waals surface area contributed by atoms with E-state index in [9.17, 15) is 0 Å². The number of hydrogen-bond donors (Lipinski definition) is 3. The van der Waals surface area contributed by atoms with Crippen molar-refractivity contribution >= 4 is 170 Å². The number of nitrogen functional groups attached to an aromatic ring is 1. The number of hydrogen-bond acceptors (Lipinski definition) is 5. The van der Waals surface area contributed by atoms with E-state index in [1.165, 1.54) is 6.20 Å². The molecule has 0 saturated carbocycles. The molecule has 49 heavy (non-hydrogen) atoms. The van der Waals surface area contributed by atoms with Crippen molar-refractivity contribution in [1.29, 1.82) is 0 Å². The summed E-state index contributed by atoms with van der Waals surface area (Å²) in [7, 11) is 0. The van der Waals surface area contributed by atoms with Crippen LogP contribution in [0.5, 0.6) is 0 Å². The number of rotatable bonds is 2. The lowest BCUT2D eigenvalue weighted by Crippen LogP contribution is -1.93. The van der Waals surface area contributed by atoms with Gasteiger partial charge in [0.2, 0.25) is 0 Å². The maximum Gasteiger partial charge on any atom is 0.149 e. The van der Waals surface area contributed by atoms with Gasteiger partial charge in [-0.05, 0) is 48.5 Å². The number of anilines is 3. The fourth-order valence-corrected chi connectivity index (χ4v) is 4.78. The van der Waals surface area contributed by atoms with E-state index in [2.05, 4.69) is 68.6 Å². The summed E-state index contributed by atoms with van der Waals surface area (Å²) >= 11 is 38.4. The molecule has 4 heterocycles. The number of nitrogens with zero attached hydrogens (tertiary/aromatic N) is 3. The Hall–Kier alpha value is -1.56. The van der Waals surface area contributed by atoms with Crippen molar-refractivity contribution in [3.8, 4) is 0 Å². The SMILES string of the molecule is C.Clc1cnc(Cl)c(Cl)c1.Clc1cnc(Nc2ccccc2)c(Cl)c1.Clc1cnc2[nH]c3ccccc3c2c1.I.II.Nc1ccccc1. The lowest BCUT2D eigenvalue weighted by molar-refractivity contribution is 1.31. The maximum absolute atomic E-state index is 5.97. The van der Waals surface area contributed by atoms with Crippen LogP contribution in [0, 0.1) is 0 Å². The second-order valence-corrected chi connectivity index (χ2v) is 11.5. The van der Waals surface area contributed by atoms with Crippen LogP contribution in [0.2, 0.25) is 30.3 Å². The quantitative estimate of drug-likeness (QED) is 0.0911. The summed E-state index contributed by atoms with van der Waals surface area (Å²) in [5.41, 5.74) is 9.10. The van der Waals surface area contributed by atoms with Crippen LogP contribution in [0.25, 0.3) is 21.9 Å². The molecule has 3 aromatic carbocycles. The first kappa shape index (κ1) is 45.5. The number of fused-ring (bicyclic) bond motifs is 3. The van der Waals surface area contributed by atoms with E-state index in [0.717, 1.165) is 33.3 Å². The fraction of sp³-hybridized carbons (Fsp3) is 0.0294. The monoisotopic (exact) mass is 1110 g/mol. The Bertz CT molecular complexity index is 1990. The van der Waals surface area contributed by atoms with Crippen molar-refractivity contribution in [3.05, 3.63) is 152 Å². The summed E-state index contributed by atoms with van der Waals surface area (Å²) in [5, 5.41) is 8.19. The topological polar surface area (TPSA) is 92.5 Å². The van der Waals surface area contributed by atoms with Gasteiger partial charge in [0.15, 0.2) is 0 Å². The number of nitrogens with one attached hydrogen (secondary N) is 2. The molecule has 7 rings (SSSR count). The maximum atomic E-state index is 5.97. The summed E-state index contributed by atoms with van der Waals surface area (Å²) in [5.74, 6) is 0.604. The molecule has 4 N–H and O–H groups in total. The lowest BCUT2D eigenvalue weighted by atomic mass is 10.2. The summed E-state index contributed by atoms with van der Waals surface area (Å²) in [6, 6.07) is 32.4. The van der Waals surface area contributed by atoms with Gasteiger partial charge in [0.1, 0.15) is 16.6 Å². The van der Waals surface area contributed by atoms with E-state index in [1.54, 1.807) is 24.5 Å². The first-order valence-electron chi connectivity index (χ1n) is 13.3. The Kier molecular flexibility index (Phi) is 22.8.